The van der Waals surface area contributed by atoms with Gasteiger partial charge in [0.15, 0.2) is 0 Å². The number of benzene rings is 1. The fourth-order valence-electron chi connectivity index (χ4n) is 1.97. The van der Waals surface area contributed by atoms with Crippen LogP contribution in [0.1, 0.15) is 30.7 Å². The van der Waals surface area contributed by atoms with Gasteiger partial charge >= 0.3 is 0 Å². The first kappa shape index (κ1) is 15.5. The third kappa shape index (κ3) is 4.56. The molecule has 0 aliphatic rings. The molecule has 0 atom stereocenters. The Morgan fingerprint density at radius 3 is 2.86 bits per heavy atom. The van der Waals surface area contributed by atoms with Crippen molar-refractivity contribution < 1.29 is 4.74 Å². The Morgan fingerprint density at radius 1 is 1.29 bits per heavy atom. The van der Waals surface area contributed by atoms with Gasteiger partial charge in [-0.2, -0.15) is 0 Å². The molecule has 0 radical (unpaired) electrons. The SMILES string of the molecule is Cc1cccc(OCCn2cc(CNC(C)C)nn2)c1C. The molecule has 2 aromatic rings. The number of hydrogen-bond donors (Lipinski definition) is 1. The van der Waals surface area contributed by atoms with Crippen LogP contribution in [0.15, 0.2) is 24.4 Å². The van der Waals surface area contributed by atoms with E-state index in [1.807, 2.05) is 23.0 Å². The summed E-state index contributed by atoms with van der Waals surface area (Å²) in [5.74, 6) is 0.941. The molecular weight excluding hydrogens is 264 g/mol. The summed E-state index contributed by atoms with van der Waals surface area (Å²) in [6.45, 7) is 10.4. The summed E-state index contributed by atoms with van der Waals surface area (Å²) in [6.07, 6.45) is 1.96. The fraction of sp³-hybridized carbons (Fsp3) is 0.500. The van der Waals surface area contributed by atoms with E-state index in [1.54, 1.807) is 0 Å². The first-order chi connectivity index (χ1) is 10.1. The second kappa shape index (κ2) is 7.22. The average Bonchev–Trinajstić information content (AvgIpc) is 2.89. The second-order valence-corrected chi connectivity index (χ2v) is 5.56. The number of hydrogen-bond acceptors (Lipinski definition) is 4. The van der Waals surface area contributed by atoms with Crippen LogP contribution in [0, 0.1) is 13.8 Å². The lowest BCUT2D eigenvalue weighted by atomic mass is 10.1. The summed E-state index contributed by atoms with van der Waals surface area (Å²) in [5.41, 5.74) is 3.39. The Morgan fingerprint density at radius 2 is 2.10 bits per heavy atom. The van der Waals surface area contributed by atoms with Crippen LogP contribution in [-0.4, -0.2) is 27.6 Å². The minimum absolute atomic E-state index is 0.447. The van der Waals surface area contributed by atoms with Gasteiger partial charge in [0.25, 0.3) is 0 Å². The van der Waals surface area contributed by atoms with Crippen LogP contribution < -0.4 is 10.1 Å². The summed E-state index contributed by atoms with van der Waals surface area (Å²) in [4.78, 5) is 0. The molecule has 1 aromatic heterocycles. The van der Waals surface area contributed by atoms with E-state index in [0.717, 1.165) is 18.0 Å². The van der Waals surface area contributed by atoms with Crippen LogP contribution in [0.3, 0.4) is 0 Å². The number of nitrogens with zero attached hydrogens (tertiary/aromatic N) is 3. The van der Waals surface area contributed by atoms with Crippen LogP contribution in [0.5, 0.6) is 5.75 Å². The molecule has 1 N–H and O–H groups in total. The third-order valence-corrected chi connectivity index (χ3v) is 3.41. The quantitative estimate of drug-likeness (QED) is 0.850. The molecule has 0 saturated heterocycles. The van der Waals surface area contributed by atoms with E-state index in [4.69, 9.17) is 4.74 Å². The number of rotatable bonds is 7. The van der Waals surface area contributed by atoms with Crippen molar-refractivity contribution in [1.82, 2.24) is 20.3 Å². The standard InChI is InChI=1S/C16H24N4O/c1-12(2)17-10-15-11-20(19-18-15)8-9-21-16-7-5-6-13(3)14(16)4/h5-7,11-12,17H,8-10H2,1-4H3. The minimum atomic E-state index is 0.447. The van der Waals surface area contributed by atoms with Crippen LogP contribution in [0.2, 0.25) is 0 Å². The Balaban J connectivity index is 1.82. The molecule has 0 spiro atoms. The van der Waals surface area contributed by atoms with Crippen molar-refractivity contribution in [3.63, 3.8) is 0 Å². The molecule has 0 bridgehead atoms. The van der Waals surface area contributed by atoms with E-state index in [0.29, 0.717) is 19.2 Å². The highest BCUT2D eigenvalue weighted by Crippen LogP contribution is 2.20. The highest BCUT2D eigenvalue weighted by Gasteiger charge is 2.04. The van der Waals surface area contributed by atoms with Crippen molar-refractivity contribution >= 4 is 0 Å². The fourth-order valence-corrected chi connectivity index (χ4v) is 1.97. The Hall–Kier alpha value is -1.88. The zero-order valence-corrected chi connectivity index (χ0v) is 13.3. The van der Waals surface area contributed by atoms with E-state index in [-0.39, 0.29) is 0 Å². The van der Waals surface area contributed by atoms with E-state index < -0.39 is 0 Å². The number of ether oxygens (including phenoxy) is 1. The monoisotopic (exact) mass is 288 g/mol. The predicted molar refractivity (Wildman–Crippen MR) is 83.4 cm³/mol. The van der Waals surface area contributed by atoms with Crippen molar-refractivity contribution in [2.24, 2.45) is 0 Å². The normalized spacial score (nSPS) is 11.1. The molecule has 5 heteroatoms. The average molecular weight is 288 g/mol. The lowest BCUT2D eigenvalue weighted by Crippen LogP contribution is -2.21. The number of aryl methyl sites for hydroxylation is 1. The largest absolute Gasteiger partial charge is 0.491 e. The first-order valence-electron chi connectivity index (χ1n) is 7.37. The molecule has 114 valence electrons. The molecule has 1 aromatic carbocycles. The van der Waals surface area contributed by atoms with Gasteiger partial charge in [-0.25, -0.2) is 4.68 Å². The van der Waals surface area contributed by atoms with E-state index >= 15 is 0 Å². The molecule has 0 amide bonds. The van der Waals surface area contributed by atoms with Crippen molar-refractivity contribution in [2.45, 2.75) is 46.8 Å². The van der Waals surface area contributed by atoms with E-state index in [2.05, 4.69) is 49.4 Å². The second-order valence-electron chi connectivity index (χ2n) is 5.56. The minimum Gasteiger partial charge on any atom is -0.491 e. The summed E-state index contributed by atoms with van der Waals surface area (Å²) < 4.78 is 7.65. The summed E-state index contributed by atoms with van der Waals surface area (Å²) in [5, 5.41) is 11.6. The molecule has 2 rings (SSSR count). The summed E-state index contributed by atoms with van der Waals surface area (Å²) in [7, 11) is 0. The van der Waals surface area contributed by atoms with Crippen LogP contribution >= 0.6 is 0 Å². The molecule has 5 nitrogen and oxygen atoms in total. The van der Waals surface area contributed by atoms with Crippen molar-refractivity contribution in [3.8, 4) is 5.75 Å². The van der Waals surface area contributed by atoms with Gasteiger partial charge in [0, 0.05) is 18.8 Å². The maximum absolute atomic E-state index is 5.82. The lowest BCUT2D eigenvalue weighted by Gasteiger charge is -2.10. The molecule has 0 unspecified atom stereocenters. The summed E-state index contributed by atoms with van der Waals surface area (Å²) in [6, 6.07) is 6.56. The molecule has 0 aliphatic carbocycles. The van der Waals surface area contributed by atoms with Crippen LogP contribution in [-0.2, 0) is 13.1 Å². The van der Waals surface area contributed by atoms with Gasteiger partial charge in [0.1, 0.15) is 12.4 Å². The molecule has 0 aliphatic heterocycles. The zero-order valence-electron chi connectivity index (χ0n) is 13.3. The van der Waals surface area contributed by atoms with Gasteiger partial charge in [0.2, 0.25) is 0 Å². The van der Waals surface area contributed by atoms with Gasteiger partial charge in [-0.05, 0) is 31.0 Å². The Bertz CT molecular complexity index is 577. The highest BCUT2D eigenvalue weighted by molar-refractivity contribution is 5.38. The van der Waals surface area contributed by atoms with Gasteiger partial charge in [0.05, 0.1) is 12.2 Å². The smallest absolute Gasteiger partial charge is 0.122 e. The molecular formula is C16H24N4O. The molecule has 0 fully saturated rings. The topological polar surface area (TPSA) is 52.0 Å². The van der Waals surface area contributed by atoms with Gasteiger partial charge < -0.3 is 10.1 Å². The van der Waals surface area contributed by atoms with Crippen molar-refractivity contribution in [2.75, 3.05) is 6.61 Å². The van der Waals surface area contributed by atoms with Gasteiger partial charge in [-0.15, -0.1) is 5.10 Å². The Labute approximate surface area is 126 Å². The lowest BCUT2D eigenvalue weighted by molar-refractivity contribution is 0.288. The zero-order chi connectivity index (χ0) is 15.2. The number of nitrogens with one attached hydrogen (secondary N) is 1. The van der Waals surface area contributed by atoms with Gasteiger partial charge in [-0.3, -0.25) is 0 Å². The molecule has 0 saturated carbocycles. The van der Waals surface area contributed by atoms with Crippen LogP contribution in [0.25, 0.3) is 0 Å². The highest BCUT2D eigenvalue weighted by atomic mass is 16.5. The van der Waals surface area contributed by atoms with Crippen molar-refractivity contribution in [1.29, 1.82) is 0 Å². The maximum Gasteiger partial charge on any atom is 0.122 e. The molecule has 1 heterocycles. The third-order valence-electron chi connectivity index (χ3n) is 3.41. The first-order valence-corrected chi connectivity index (χ1v) is 7.37. The Kier molecular flexibility index (Phi) is 5.33. The van der Waals surface area contributed by atoms with Gasteiger partial charge in [-0.1, -0.05) is 31.2 Å². The van der Waals surface area contributed by atoms with E-state index in [1.165, 1.54) is 11.1 Å². The molecule has 21 heavy (non-hydrogen) atoms. The van der Waals surface area contributed by atoms with Crippen molar-refractivity contribution in [3.05, 3.63) is 41.2 Å². The number of aromatic nitrogens is 3. The van der Waals surface area contributed by atoms with E-state index in [9.17, 15) is 0 Å². The predicted octanol–water partition coefficient (Wildman–Crippen LogP) is 2.47. The maximum atomic E-state index is 5.82. The summed E-state index contributed by atoms with van der Waals surface area (Å²) >= 11 is 0. The van der Waals surface area contributed by atoms with Crippen LogP contribution in [0.4, 0.5) is 0 Å².